The van der Waals surface area contributed by atoms with E-state index in [1.165, 1.54) is 0 Å². The molecule has 1 saturated heterocycles. The van der Waals surface area contributed by atoms with Gasteiger partial charge in [0.25, 0.3) is 5.91 Å². The lowest BCUT2D eigenvalue weighted by atomic mass is 10.2. The van der Waals surface area contributed by atoms with E-state index in [0.29, 0.717) is 25.1 Å². The Labute approximate surface area is 138 Å². The Balaban J connectivity index is 0.00000220. The third-order valence-corrected chi connectivity index (χ3v) is 3.84. The van der Waals surface area contributed by atoms with Crippen LogP contribution in [0.5, 0.6) is 0 Å². The Bertz CT molecular complexity index is 495. The molecule has 116 valence electrons. The highest BCUT2D eigenvalue weighted by atomic mass is 79.9. The van der Waals surface area contributed by atoms with Crippen molar-refractivity contribution in [2.45, 2.75) is 18.9 Å². The smallest absolute Gasteiger partial charge is 0.251 e. The van der Waals surface area contributed by atoms with Gasteiger partial charge >= 0.3 is 0 Å². The van der Waals surface area contributed by atoms with E-state index in [9.17, 15) is 9.59 Å². The summed E-state index contributed by atoms with van der Waals surface area (Å²) in [6.07, 6.45) is 1.17. The molecule has 0 saturated carbocycles. The van der Waals surface area contributed by atoms with E-state index in [0.717, 1.165) is 17.4 Å². The summed E-state index contributed by atoms with van der Waals surface area (Å²) in [5.41, 5.74) is 6.35. The van der Waals surface area contributed by atoms with Gasteiger partial charge in [-0.2, -0.15) is 0 Å². The second-order valence-corrected chi connectivity index (χ2v) is 5.82. The van der Waals surface area contributed by atoms with Crippen LogP contribution in [-0.4, -0.2) is 42.4 Å². The van der Waals surface area contributed by atoms with E-state index in [4.69, 9.17) is 5.73 Å². The van der Waals surface area contributed by atoms with Crippen molar-refractivity contribution in [3.8, 4) is 0 Å². The van der Waals surface area contributed by atoms with Crippen LogP contribution in [-0.2, 0) is 4.79 Å². The van der Waals surface area contributed by atoms with Crippen LogP contribution in [0.1, 0.15) is 23.2 Å². The van der Waals surface area contributed by atoms with Gasteiger partial charge in [0.05, 0.1) is 0 Å². The number of halogens is 2. The summed E-state index contributed by atoms with van der Waals surface area (Å²) >= 11 is 3.32. The van der Waals surface area contributed by atoms with Crippen LogP contribution in [0.15, 0.2) is 28.7 Å². The lowest BCUT2D eigenvalue weighted by Gasteiger charge is -2.15. The number of hydrogen-bond acceptors (Lipinski definition) is 3. The molecule has 0 radical (unpaired) electrons. The minimum Gasteiger partial charge on any atom is -0.352 e. The number of hydrogen-bond donors (Lipinski definition) is 2. The summed E-state index contributed by atoms with van der Waals surface area (Å²) in [5, 5.41) is 2.75. The van der Waals surface area contributed by atoms with Crippen LogP contribution >= 0.6 is 28.3 Å². The lowest BCUT2D eigenvalue weighted by molar-refractivity contribution is -0.130. The molecule has 1 fully saturated rings. The fourth-order valence-electron chi connectivity index (χ4n) is 2.16. The molecule has 5 nitrogen and oxygen atoms in total. The SMILES string of the molecule is Cl.N[C@@H]1CCN(C(=O)CCNC(=O)c2ccc(Br)cc2)C1. The van der Waals surface area contributed by atoms with Gasteiger partial charge in [-0.25, -0.2) is 0 Å². The minimum atomic E-state index is -0.163. The quantitative estimate of drug-likeness (QED) is 0.837. The first-order chi connectivity index (χ1) is 9.56. The first kappa shape index (κ1) is 17.9. The molecule has 7 heteroatoms. The molecule has 0 spiro atoms. The van der Waals surface area contributed by atoms with Gasteiger partial charge in [0, 0.05) is 42.1 Å². The Hall–Kier alpha value is -1.11. The molecule has 2 rings (SSSR count). The second-order valence-electron chi connectivity index (χ2n) is 4.90. The van der Waals surface area contributed by atoms with Gasteiger partial charge in [-0.1, -0.05) is 15.9 Å². The highest BCUT2D eigenvalue weighted by Crippen LogP contribution is 2.10. The zero-order chi connectivity index (χ0) is 14.5. The van der Waals surface area contributed by atoms with Gasteiger partial charge in [0.2, 0.25) is 5.91 Å². The monoisotopic (exact) mass is 375 g/mol. The number of likely N-dealkylation sites (tertiary alicyclic amines) is 1. The van der Waals surface area contributed by atoms with Crippen molar-refractivity contribution < 1.29 is 9.59 Å². The van der Waals surface area contributed by atoms with E-state index in [-0.39, 0.29) is 30.3 Å². The molecule has 1 aromatic carbocycles. The summed E-state index contributed by atoms with van der Waals surface area (Å²) in [7, 11) is 0. The zero-order valence-electron chi connectivity index (χ0n) is 11.5. The topological polar surface area (TPSA) is 75.4 Å². The molecule has 0 aromatic heterocycles. The third kappa shape index (κ3) is 5.30. The first-order valence-corrected chi connectivity index (χ1v) is 7.42. The summed E-state index contributed by atoms with van der Waals surface area (Å²) in [4.78, 5) is 25.5. The van der Waals surface area contributed by atoms with Crippen molar-refractivity contribution in [3.05, 3.63) is 34.3 Å². The van der Waals surface area contributed by atoms with Crippen LogP contribution < -0.4 is 11.1 Å². The van der Waals surface area contributed by atoms with Gasteiger partial charge < -0.3 is 16.0 Å². The van der Waals surface area contributed by atoms with Gasteiger partial charge in [-0.15, -0.1) is 12.4 Å². The summed E-state index contributed by atoms with van der Waals surface area (Å²) in [6, 6.07) is 7.19. The molecule has 0 unspecified atom stereocenters. The number of amides is 2. The summed E-state index contributed by atoms with van der Waals surface area (Å²) in [5.74, 6) is -0.113. The third-order valence-electron chi connectivity index (χ3n) is 3.31. The Kier molecular flexibility index (Phi) is 7.14. The zero-order valence-corrected chi connectivity index (χ0v) is 14.0. The van der Waals surface area contributed by atoms with Gasteiger partial charge in [0.15, 0.2) is 0 Å². The highest BCUT2D eigenvalue weighted by molar-refractivity contribution is 9.10. The maximum absolute atomic E-state index is 11.9. The fourth-order valence-corrected chi connectivity index (χ4v) is 2.42. The molecule has 1 atom stereocenters. The maximum atomic E-state index is 11.9. The number of benzene rings is 1. The van der Waals surface area contributed by atoms with Crippen molar-refractivity contribution in [1.82, 2.24) is 10.2 Å². The summed E-state index contributed by atoms with van der Waals surface area (Å²) < 4.78 is 0.926. The first-order valence-electron chi connectivity index (χ1n) is 6.63. The van der Waals surface area contributed by atoms with E-state index in [1.54, 1.807) is 17.0 Å². The van der Waals surface area contributed by atoms with Crippen molar-refractivity contribution in [1.29, 1.82) is 0 Å². The van der Waals surface area contributed by atoms with Gasteiger partial charge in [-0.3, -0.25) is 9.59 Å². The van der Waals surface area contributed by atoms with Crippen molar-refractivity contribution in [2.24, 2.45) is 5.73 Å². The predicted molar refractivity (Wildman–Crippen MR) is 87.5 cm³/mol. The van der Waals surface area contributed by atoms with Crippen LogP contribution in [0, 0.1) is 0 Å². The van der Waals surface area contributed by atoms with Crippen LogP contribution in [0.25, 0.3) is 0 Å². The predicted octanol–water partition coefficient (Wildman–Crippen LogP) is 1.55. The van der Waals surface area contributed by atoms with Gasteiger partial charge in [0.1, 0.15) is 0 Å². The largest absolute Gasteiger partial charge is 0.352 e. The minimum absolute atomic E-state index is 0. The number of carbonyl (C=O) groups excluding carboxylic acids is 2. The van der Waals surface area contributed by atoms with Gasteiger partial charge in [-0.05, 0) is 30.7 Å². The number of nitrogens with two attached hydrogens (primary N) is 1. The fraction of sp³-hybridized carbons (Fsp3) is 0.429. The van der Waals surface area contributed by atoms with Crippen LogP contribution in [0.4, 0.5) is 0 Å². The Morgan fingerprint density at radius 1 is 1.33 bits per heavy atom. The summed E-state index contributed by atoms with van der Waals surface area (Å²) in [6.45, 7) is 1.69. The van der Waals surface area contributed by atoms with E-state index < -0.39 is 0 Å². The van der Waals surface area contributed by atoms with Crippen molar-refractivity contribution in [2.75, 3.05) is 19.6 Å². The number of carbonyl (C=O) groups is 2. The second kappa shape index (κ2) is 8.36. The van der Waals surface area contributed by atoms with Crippen LogP contribution in [0.2, 0.25) is 0 Å². The highest BCUT2D eigenvalue weighted by Gasteiger charge is 2.23. The van der Waals surface area contributed by atoms with Crippen LogP contribution in [0.3, 0.4) is 0 Å². The lowest BCUT2D eigenvalue weighted by Crippen LogP contribution is -2.34. The van der Waals surface area contributed by atoms with E-state index >= 15 is 0 Å². The molecule has 0 aliphatic carbocycles. The van der Waals surface area contributed by atoms with Crippen molar-refractivity contribution in [3.63, 3.8) is 0 Å². The number of rotatable bonds is 4. The molecule has 1 heterocycles. The number of nitrogens with one attached hydrogen (secondary N) is 1. The Morgan fingerprint density at radius 3 is 2.57 bits per heavy atom. The van der Waals surface area contributed by atoms with E-state index in [2.05, 4.69) is 21.2 Å². The molecule has 1 aliphatic heterocycles. The molecule has 1 aromatic rings. The molecule has 1 aliphatic rings. The molecule has 0 bridgehead atoms. The molecule has 2 amide bonds. The average molecular weight is 377 g/mol. The Morgan fingerprint density at radius 2 is 2.00 bits per heavy atom. The normalized spacial score (nSPS) is 17.2. The average Bonchev–Trinajstić information content (AvgIpc) is 2.86. The molecular formula is C14H19BrClN3O2. The molecule has 21 heavy (non-hydrogen) atoms. The standard InChI is InChI=1S/C14H18BrN3O2.ClH/c15-11-3-1-10(2-4-11)14(20)17-7-5-13(19)18-8-6-12(16)9-18;/h1-4,12H,5-9,16H2,(H,17,20);1H/t12-;/m1./s1. The van der Waals surface area contributed by atoms with Crippen molar-refractivity contribution >= 4 is 40.2 Å². The molecular weight excluding hydrogens is 358 g/mol. The maximum Gasteiger partial charge on any atom is 0.251 e. The molecule has 3 N–H and O–H groups in total. The number of nitrogens with zero attached hydrogens (tertiary/aromatic N) is 1. The van der Waals surface area contributed by atoms with E-state index in [1.807, 2.05) is 12.1 Å².